The van der Waals surface area contributed by atoms with Gasteiger partial charge in [-0.05, 0) is 36.1 Å². The molecule has 2 rings (SSSR count). The number of carboxylic acid groups (broad SMARTS) is 1. The Hall–Kier alpha value is -2.67. The van der Waals surface area contributed by atoms with Crippen LogP contribution in [0.1, 0.15) is 28.4 Å². The van der Waals surface area contributed by atoms with Crippen molar-refractivity contribution < 1.29 is 24.2 Å². The summed E-state index contributed by atoms with van der Waals surface area (Å²) < 4.78 is 10.3. The fraction of sp³-hybridized carbons (Fsp3) is 0.263. The van der Waals surface area contributed by atoms with E-state index in [-0.39, 0.29) is 6.42 Å². The van der Waals surface area contributed by atoms with Crippen LogP contribution in [0.25, 0.3) is 0 Å². The minimum atomic E-state index is -0.993. The van der Waals surface area contributed by atoms with Crippen molar-refractivity contribution in [2.45, 2.75) is 17.4 Å². The molecule has 0 aliphatic rings. The minimum absolute atomic E-state index is 0.217. The van der Waals surface area contributed by atoms with Crippen molar-refractivity contribution in [3.05, 3.63) is 53.6 Å². The predicted molar refractivity (Wildman–Crippen MR) is 100 cm³/mol. The number of amides is 1. The molecule has 0 saturated carbocycles. The number of aliphatic carboxylic acids is 1. The normalized spacial score (nSPS) is 11.5. The molecular formula is C19H21NO5S. The molecule has 1 amide bonds. The molecule has 1 unspecified atom stereocenters. The van der Waals surface area contributed by atoms with Gasteiger partial charge in [-0.3, -0.25) is 9.59 Å². The highest BCUT2D eigenvalue weighted by Gasteiger charge is 2.20. The summed E-state index contributed by atoms with van der Waals surface area (Å²) in [5.74, 6) is -0.433. The number of carboxylic acids is 1. The van der Waals surface area contributed by atoms with Gasteiger partial charge in [-0.2, -0.15) is 0 Å². The first kappa shape index (κ1) is 19.7. The Labute approximate surface area is 156 Å². The van der Waals surface area contributed by atoms with Crippen molar-refractivity contribution in [1.29, 1.82) is 0 Å². The number of ether oxygens (including phenoxy) is 2. The van der Waals surface area contributed by atoms with Gasteiger partial charge in [0.05, 0.1) is 26.7 Å². The number of hydrogen-bond acceptors (Lipinski definition) is 5. The molecule has 0 radical (unpaired) electrons. The lowest BCUT2D eigenvalue weighted by molar-refractivity contribution is -0.137. The predicted octanol–water partition coefficient (Wildman–Crippen LogP) is 3.37. The Morgan fingerprint density at radius 1 is 1.08 bits per heavy atom. The molecule has 6 nitrogen and oxygen atoms in total. The van der Waals surface area contributed by atoms with Crippen LogP contribution < -0.4 is 14.8 Å². The van der Waals surface area contributed by atoms with E-state index in [1.165, 1.54) is 14.2 Å². The van der Waals surface area contributed by atoms with Gasteiger partial charge in [-0.15, -0.1) is 11.8 Å². The monoisotopic (exact) mass is 375 g/mol. The quantitative estimate of drug-likeness (QED) is 0.688. The summed E-state index contributed by atoms with van der Waals surface area (Å²) in [6, 6.07) is 11.6. The van der Waals surface area contributed by atoms with E-state index >= 15 is 0 Å². The highest BCUT2D eigenvalue weighted by Crippen LogP contribution is 2.25. The van der Waals surface area contributed by atoms with Gasteiger partial charge in [0.1, 0.15) is 11.5 Å². The first-order valence-corrected chi connectivity index (χ1v) is 9.09. The van der Waals surface area contributed by atoms with Crippen molar-refractivity contribution in [2.75, 3.05) is 20.5 Å². The molecule has 0 aromatic heterocycles. The van der Waals surface area contributed by atoms with E-state index in [4.69, 9.17) is 9.47 Å². The van der Waals surface area contributed by atoms with Gasteiger partial charge < -0.3 is 19.9 Å². The molecule has 0 heterocycles. The molecule has 2 aromatic rings. The summed E-state index contributed by atoms with van der Waals surface area (Å²) in [7, 11) is 2.99. The van der Waals surface area contributed by atoms with Gasteiger partial charge in [0.2, 0.25) is 0 Å². The maximum Gasteiger partial charge on any atom is 0.305 e. The third kappa shape index (κ3) is 5.16. The Morgan fingerprint density at radius 2 is 1.65 bits per heavy atom. The lowest BCUT2D eigenvalue weighted by atomic mass is 10.0. The number of methoxy groups -OCH3 is 2. The van der Waals surface area contributed by atoms with Crippen LogP contribution in [-0.2, 0) is 4.79 Å². The van der Waals surface area contributed by atoms with Crippen molar-refractivity contribution >= 4 is 23.6 Å². The number of carbonyl (C=O) groups is 2. The first-order valence-electron chi connectivity index (χ1n) is 7.86. The van der Waals surface area contributed by atoms with E-state index in [2.05, 4.69) is 5.32 Å². The van der Waals surface area contributed by atoms with E-state index in [0.717, 1.165) is 10.5 Å². The lowest BCUT2D eigenvalue weighted by Crippen LogP contribution is -2.30. The average Bonchev–Trinajstić information content (AvgIpc) is 2.66. The molecule has 0 aliphatic carbocycles. The second-order valence-electron chi connectivity index (χ2n) is 5.50. The Bertz CT molecular complexity index is 754. The standard InChI is InChI=1S/C19H21NO5S/c1-24-14-8-13(9-15(10-14)25-2)19(23)20-17(11-18(21)22)12-4-6-16(26-3)7-5-12/h4-10,17H,11H2,1-3H3,(H,20,23)(H,21,22). The molecule has 0 spiro atoms. The van der Waals surface area contributed by atoms with E-state index in [0.29, 0.717) is 17.1 Å². The molecule has 0 bridgehead atoms. The number of thioether (sulfide) groups is 1. The van der Waals surface area contributed by atoms with Gasteiger partial charge in [-0.1, -0.05) is 12.1 Å². The molecule has 0 saturated heterocycles. The van der Waals surface area contributed by atoms with Crippen molar-refractivity contribution in [1.82, 2.24) is 5.32 Å². The van der Waals surface area contributed by atoms with Crippen LogP contribution in [0.3, 0.4) is 0 Å². The molecule has 26 heavy (non-hydrogen) atoms. The third-order valence-corrected chi connectivity index (χ3v) is 4.56. The van der Waals surface area contributed by atoms with Gasteiger partial charge in [0.15, 0.2) is 0 Å². The molecule has 2 aromatic carbocycles. The number of nitrogens with one attached hydrogen (secondary N) is 1. The largest absolute Gasteiger partial charge is 0.497 e. The van der Waals surface area contributed by atoms with E-state index in [1.54, 1.807) is 30.0 Å². The van der Waals surface area contributed by atoms with E-state index in [1.807, 2.05) is 30.5 Å². The minimum Gasteiger partial charge on any atom is -0.497 e. The molecule has 1 atom stereocenters. The number of carbonyl (C=O) groups excluding carboxylic acids is 1. The molecule has 138 valence electrons. The Kier molecular flexibility index (Phi) is 6.91. The second kappa shape index (κ2) is 9.15. The fourth-order valence-electron chi connectivity index (χ4n) is 2.44. The van der Waals surface area contributed by atoms with Gasteiger partial charge in [-0.25, -0.2) is 0 Å². The van der Waals surface area contributed by atoms with Crippen LogP contribution in [0, 0.1) is 0 Å². The highest BCUT2D eigenvalue weighted by atomic mass is 32.2. The third-order valence-electron chi connectivity index (χ3n) is 3.82. The summed E-state index contributed by atoms with van der Waals surface area (Å²) >= 11 is 1.59. The van der Waals surface area contributed by atoms with Gasteiger partial charge in [0.25, 0.3) is 5.91 Å². The zero-order valence-electron chi connectivity index (χ0n) is 14.8. The molecule has 7 heteroatoms. The van der Waals surface area contributed by atoms with Crippen molar-refractivity contribution in [2.24, 2.45) is 0 Å². The summed E-state index contributed by atoms with van der Waals surface area (Å²) in [5, 5.41) is 12.0. The van der Waals surface area contributed by atoms with Crippen LogP contribution in [0.5, 0.6) is 11.5 Å². The first-order chi connectivity index (χ1) is 12.5. The smallest absolute Gasteiger partial charge is 0.305 e. The number of rotatable bonds is 8. The van der Waals surface area contributed by atoms with E-state index < -0.39 is 17.9 Å². The lowest BCUT2D eigenvalue weighted by Gasteiger charge is -2.18. The maximum absolute atomic E-state index is 12.7. The van der Waals surface area contributed by atoms with Crippen LogP contribution >= 0.6 is 11.8 Å². The zero-order valence-corrected chi connectivity index (χ0v) is 15.6. The summed E-state index contributed by atoms with van der Waals surface area (Å²) in [4.78, 5) is 24.9. The van der Waals surface area contributed by atoms with Crippen LogP contribution in [0.15, 0.2) is 47.4 Å². The summed E-state index contributed by atoms with van der Waals surface area (Å²) in [6.45, 7) is 0. The Balaban J connectivity index is 2.26. The molecule has 0 fully saturated rings. The van der Waals surface area contributed by atoms with Crippen LogP contribution in [0.2, 0.25) is 0 Å². The zero-order chi connectivity index (χ0) is 19.1. The fourth-order valence-corrected chi connectivity index (χ4v) is 2.85. The molecule has 0 aliphatic heterocycles. The topological polar surface area (TPSA) is 84.9 Å². The molecule has 2 N–H and O–H groups in total. The van der Waals surface area contributed by atoms with E-state index in [9.17, 15) is 14.7 Å². The van der Waals surface area contributed by atoms with Crippen LogP contribution in [0.4, 0.5) is 0 Å². The van der Waals surface area contributed by atoms with Crippen LogP contribution in [-0.4, -0.2) is 37.5 Å². The average molecular weight is 375 g/mol. The molecular weight excluding hydrogens is 354 g/mol. The highest BCUT2D eigenvalue weighted by molar-refractivity contribution is 7.98. The van der Waals surface area contributed by atoms with Crippen molar-refractivity contribution in [3.63, 3.8) is 0 Å². The number of hydrogen-bond donors (Lipinski definition) is 2. The summed E-state index contributed by atoms with van der Waals surface area (Å²) in [5.41, 5.74) is 1.06. The van der Waals surface area contributed by atoms with Crippen molar-refractivity contribution in [3.8, 4) is 11.5 Å². The maximum atomic E-state index is 12.7. The van der Waals surface area contributed by atoms with Gasteiger partial charge >= 0.3 is 5.97 Å². The number of benzene rings is 2. The summed E-state index contributed by atoms with van der Waals surface area (Å²) in [6.07, 6.45) is 1.74. The SMILES string of the molecule is COc1cc(OC)cc(C(=O)NC(CC(=O)O)c2ccc(SC)cc2)c1. The Morgan fingerprint density at radius 3 is 2.12 bits per heavy atom. The van der Waals surface area contributed by atoms with Gasteiger partial charge in [0, 0.05) is 16.5 Å². The second-order valence-corrected chi connectivity index (χ2v) is 6.38.